The number of rotatable bonds is 5. The molecular formula is C17H21NO4. The summed E-state index contributed by atoms with van der Waals surface area (Å²) in [6.45, 7) is 1.46. The third-order valence-corrected chi connectivity index (χ3v) is 3.61. The molecule has 1 saturated carbocycles. The molecule has 2 rings (SSSR count). The minimum atomic E-state index is -0.361. The number of carbonyl (C=O) groups excluding carboxylic acids is 2. The summed E-state index contributed by atoms with van der Waals surface area (Å²) in [7, 11) is 1.64. The summed E-state index contributed by atoms with van der Waals surface area (Å²) in [5, 5.41) is 2.69. The standard InChI is InChI=1S/C17H21NO4/c1-12(19)18-14-9-6-13(7-10-14)8-11-17(20)22-16-5-3-4-15(16)21-2/h6-11,15-16H,3-5H2,1-2H3,(H,18,19)/b11-8-/t15-,16-/m1/s1. The second kappa shape index (κ2) is 7.75. The maximum absolute atomic E-state index is 11.8. The van der Waals surface area contributed by atoms with Gasteiger partial charge in [0.05, 0.1) is 6.10 Å². The Bertz CT molecular complexity index is 550. The molecule has 0 heterocycles. The minimum absolute atomic E-state index is 0.00860. The molecule has 0 bridgehead atoms. The van der Waals surface area contributed by atoms with Crippen LogP contribution in [0.3, 0.4) is 0 Å². The van der Waals surface area contributed by atoms with Crippen LogP contribution in [0.2, 0.25) is 0 Å². The molecule has 0 unspecified atom stereocenters. The smallest absolute Gasteiger partial charge is 0.331 e. The van der Waals surface area contributed by atoms with E-state index in [1.54, 1.807) is 25.3 Å². The summed E-state index contributed by atoms with van der Waals surface area (Å²) in [5.41, 5.74) is 1.59. The van der Waals surface area contributed by atoms with Gasteiger partial charge in [-0.25, -0.2) is 4.79 Å². The second-order valence-corrected chi connectivity index (χ2v) is 5.32. The molecule has 0 aliphatic heterocycles. The van der Waals surface area contributed by atoms with Crippen molar-refractivity contribution in [2.45, 2.75) is 38.4 Å². The molecule has 0 radical (unpaired) electrons. The number of carbonyl (C=O) groups is 2. The van der Waals surface area contributed by atoms with Crippen molar-refractivity contribution in [2.24, 2.45) is 0 Å². The third-order valence-electron chi connectivity index (χ3n) is 3.61. The highest BCUT2D eigenvalue weighted by Crippen LogP contribution is 2.24. The first-order valence-corrected chi connectivity index (χ1v) is 7.37. The van der Waals surface area contributed by atoms with Gasteiger partial charge in [0.1, 0.15) is 6.10 Å². The van der Waals surface area contributed by atoms with Gasteiger partial charge >= 0.3 is 5.97 Å². The number of anilines is 1. The first-order valence-electron chi connectivity index (χ1n) is 7.37. The highest BCUT2D eigenvalue weighted by molar-refractivity contribution is 5.89. The van der Waals surface area contributed by atoms with E-state index >= 15 is 0 Å². The molecule has 1 aromatic carbocycles. The molecule has 0 spiro atoms. The Hall–Kier alpha value is -2.14. The largest absolute Gasteiger partial charge is 0.456 e. The lowest BCUT2D eigenvalue weighted by Crippen LogP contribution is -2.26. The Labute approximate surface area is 130 Å². The number of hydrogen-bond donors (Lipinski definition) is 1. The summed E-state index contributed by atoms with van der Waals surface area (Å²) in [6, 6.07) is 7.21. The van der Waals surface area contributed by atoms with E-state index in [1.807, 2.05) is 12.1 Å². The second-order valence-electron chi connectivity index (χ2n) is 5.32. The van der Waals surface area contributed by atoms with Crippen molar-refractivity contribution >= 4 is 23.6 Å². The van der Waals surface area contributed by atoms with Gasteiger partial charge < -0.3 is 14.8 Å². The molecule has 1 N–H and O–H groups in total. The lowest BCUT2D eigenvalue weighted by atomic mass is 10.2. The van der Waals surface area contributed by atoms with Gasteiger partial charge in [-0.05, 0) is 43.0 Å². The average Bonchev–Trinajstić information content (AvgIpc) is 2.93. The van der Waals surface area contributed by atoms with E-state index in [-0.39, 0.29) is 24.1 Å². The van der Waals surface area contributed by atoms with E-state index in [0.29, 0.717) is 0 Å². The maximum atomic E-state index is 11.8. The topological polar surface area (TPSA) is 64.6 Å². The van der Waals surface area contributed by atoms with Crippen molar-refractivity contribution < 1.29 is 19.1 Å². The average molecular weight is 303 g/mol. The Kier molecular flexibility index (Phi) is 5.72. The molecule has 22 heavy (non-hydrogen) atoms. The minimum Gasteiger partial charge on any atom is -0.456 e. The molecule has 5 nitrogen and oxygen atoms in total. The Morgan fingerprint density at radius 1 is 1.18 bits per heavy atom. The van der Waals surface area contributed by atoms with Gasteiger partial charge in [-0.2, -0.15) is 0 Å². The molecule has 1 aliphatic carbocycles. The fourth-order valence-electron chi connectivity index (χ4n) is 2.53. The summed E-state index contributed by atoms with van der Waals surface area (Å²) in [5.74, 6) is -0.476. The Balaban J connectivity index is 1.88. The number of esters is 1. The Morgan fingerprint density at radius 3 is 2.50 bits per heavy atom. The van der Waals surface area contributed by atoms with Crippen LogP contribution in [-0.2, 0) is 19.1 Å². The van der Waals surface area contributed by atoms with Crippen molar-refractivity contribution in [3.8, 4) is 0 Å². The first kappa shape index (κ1) is 16.2. The van der Waals surface area contributed by atoms with Gasteiger partial charge in [0, 0.05) is 25.8 Å². The molecule has 1 aromatic rings. The van der Waals surface area contributed by atoms with Gasteiger partial charge in [-0.15, -0.1) is 0 Å². The van der Waals surface area contributed by atoms with E-state index in [9.17, 15) is 9.59 Å². The van der Waals surface area contributed by atoms with Crippen LogP contribution in [-0.4, -0.2) is 31.2 Å². The van der Waals surface area contributed by atoms with Crippen molar-refractivity contribution in [1.82, 2.24) is 0 Å². The van der Waals surface area contributed by atoms with Crippen molar-refractivity contribution in [3.63, 3.8) is 0 Å². The lowest BCUT2D eigenvalue weighted by Gasteiger charge is -2.17. The van der Waals surface area contributed by atoms with Crippen LogP contribution < -0.4 is 5.32 Å². The molecular weight excluding hydrogens is 282 g/mol. The van der Waals surface area contributed by atoms with Crippen LogP contribution in [0.15, 0.2) is 30.3 Å². The molecule has 118 valence electrons. The first-order chi connectivity index (χ1) is 10.6. The summed E-state index contributed by atoms with van der Waals surface area (Å²) in [4.78, 5) is 22.8. The summed E-state index contributed by atoms with van der Waals surface area (Å²) in [6.07, 6.45) is 5.77. The molecule has 5 heteroatoms. The predicted molar refractivity (Wildman–Crippen MR) is 84.3 cm³/mol. The zero-order chi connectivity index (χ0) is 15.9. The normalized spacial score (nSPS) is 21.0. The van der Waals surface area contributed by atoms with Crippen LogP contribution >= 0.6 is 0 Å². The third kappa shape index (κ3) is 4.70. The molecule has 0 aromatic heterocycles. The van der Waals surface area contributed by atoms with Crippen LogP contribution in [0.4, 0.5) is 5.69 Å². The van der Waals surface area contributed by atoms with Crippen molar-refractivity contribution in [3.05, 3.63) is 35.9 Å². The van der Waals surface area contributed by atoms with Gasteiger partial charge in [-0.1, -0.05) is 12.1 Å². The molecule has 1 fully saturated rings. The lowest BCUT2D eigenvalue weighted by molar-refractivity contribution is -0.148. The van der Waals surface area contributed by atoms with E-state index in [2.05, 4.69) is 5.32 Å². The van der Waals surface area contributed by atoms with Crippen LogP contribution in [0.1, 0.15) is 31.7 Å². The molecule has 0 saturated heterocycles. The number of hydrogen-bond acceptors (Lipinski definition) is 4. The SMILES string of the molecule is CO[C@@H]1CCC[C@H]1OC(=O)/C=C\c1ccc(NC(C)=O)cc1. The monoisotopic (exact) mass is 303 g/mol. The predicted octanol–water partition coefficient (Wildman–Crippen LogP) is 2.77. The van der Waals surface area contributed by atoms with E-state index < -0.39 is 0 Å². The van der Waals surface area contributed by atoms with E-state index in [1.165, 1.54) is 13.0 Å². The van der Waals surface area contributed by atoms with E-state index in [0.717, 1.165) is 30.5 Å². The zero-order valence-corrected chi connectivity index (χ0v) is 12.9. The number of methoxy groups -OCH3 is 1. The summed E-state index contributed by atoms with van der Waals surface area (Å²) < 4.78 is 10.7. The van der Waals surface area contributed by atoms with Gasteiger partial charge in [0.2, 0.25) is 5.91 Å². The van der Waals surface area contributed by atoms with Crippen molar-refractivity contribution in [2.75, 3.05) is 12.4 Å². The van der Waals surface area contributed by atoms with Gasteiger partial charge in [0.25, 0.3) is 0 Å². The number of benzene rings is 1. The van der Waals surface area contributed by atoms with Gasteiger partial charge in [0.15, 0.2) is 0 Å². The molecule has 1 aliphatic rings. The molecule has 2 atom stereocenters. The highest BCUT2D eigenvalue weighted by Gasteiger charge is 2.29. The van der Waals surface area contributed by atoms with E-state index in [4.69, 9.17) is 9.47 Å². The van der Waals surface area contributed by atoms with Crippen LogP contribution in [0.25, 0.3) is 6.08 Å². The highest BCUT2D eigenvalue weighted by atomic mass is 16.6. The Morgan fingerprint density at radius 2 is 1.86 bits per heavy atom. The number of ether oxygens (including phenoxy) is 2. The number of nitrogens with one attached hydrogen (secondary N) is 1. The maximum Gasteiger partial charge on any atom is 0.331 e. The van der Waals surface area contributed by atoms with Crippen molar-refractivity contribution in [1.29, 1.82) is 0 Å². The fraction of sp³-hybridized carbons (Fsp3) is 0.412. The molecule has 1 amide bonds. The number of amides is 1. The van der Waals surface area contributed by atoms with Gasteiger partial charge in [-0.3, -0.25) is 4.79 Å². The summed E-state index contributed by atoms with van der Waals surface area (Å²) >= 11 is 0. The fourth-order valence-corrected chi connectivity index (χ4v) is 2.53. The quantitative estimate of drug-likeness (QED) is 0.671. The van der Waals surface area contributed by atoms with Crippen LogP contribution in [0.5, 0.6) is 0 Å². The van der Waals surface area contributed by atoms with Crippen LogP contribution in [0, 0.1) is 0 Å². The zero-order valence-electron chi connectivity index (χ0n) is 12.9.